The minimum absolute atomic E-state index is 0.155. The summed E-state index contributed by atoms with van der Waals surface area (Å²) in [4.78, 5) is 13.6. The summed E-state index contributed by atoms with van der Waals surface area (Å²) in [5.74, 6) is -0.157. The number of anilines is 1. The van der Waals surface area contributed by atoms with Crippen molar-refractivity contribution < 1.29 is 9.53 Å². The van der Waals surface area contributed by atoms with E-state index < -0.39 is 0 Å². The maximum absolute atomic E-state index is 11.5. The number of hydrogen-bond donors (Lipinski definition) is 1. The Balaban J connectivity index is 1.87. The van der Waals surface area contributed by atoms with Gasteiger partial charge in [0.1, 0.15) is 6.04 Å². The highest BCUT2D eigenvalue weighted by atomic mass is 16.5. The van der Waals surface area contributed by atoms with Crippen LogP contribution < -0.4 is 5.32 Å². The minimum Gasteiger partial charge on any atom is -0.468 e. The molecule has 1 saturated heterocycles. The summed E-state index contributed by atoms with van der Waals surface area (Å²) < 4.78 is 4.78. The molecule has 2 rings (SSSR count). The second kappa shape index (κ2) is 5.87. The molecule has 4 heteroatoms. The van der Waals surface area contributed by atoms with Crippen molar-refractivity contribution in [2.45, 2.75) is 25.4 Å². The fourth-order valence-corrected chi connectivity index (χ4v) is 2.35. The van der Waals surface area contributed by atoms with Gasteiger partial charge >= 0.3 is 5.97 Å². The Morgan fingerprint density at radius 3 is 2.83 bits per heavy atom. The molecule has 2 atom stereocenters. The molecule has 0 aliphatic carbocycles. The van der Waals surface area contributed by atoms with Crippen molar-refractivity contribution in [3.8, 4) is 0 Å². The van der Waals surface area contributed by atoms with E-state index in [1.807, 2.05) is 25.1 Å². The van der Waals surface area contributed by atoms with E-state index in [1.54, 1.807) is 0 Å². The van der Waals surface area contributed by atoms with Crippen LogP contribution in [0.25, 0.3) is 0 Å². The summed E-state index contributed by atoms with van der Waals surface area (Å²) in [5, 5.41) is 3.49. The molecular formula is C14H20N2O2. The molecule has 0 saturated carbocycles. The third-order valence-corrected chi connectivity index (χ3v) is 3.45. The van der Waals surface area contributed by atoms with Crippen molar-refractivity contribution >= 4 is 11.7 Å². The highest BCUT2D eigenvalue weighted by Crippen LogP contribution is 2.17. The zero-order chi connectivity index (χ0) is 13.0. The average molecular weight is 248 g/mol. The predicted molar refractivity (Wildman–Crippen MR) is 71.5 cm³/mol. The maximum atomic E-state index is 11.5. The Morgan fingerprint density at radius 1 is 1.44 bits per heavy atom. The van der Waals surface area contributed by atoms with E-state index in [9.17, 15) is 4.79 Å². The SMILES string of the molecule is COC(=O)C(C)N1CCC(Nc2ccccc2)C1. The molecule has 1 aromatic rings. The molecule has 1 N–H and O–H groups in total. The molecule has 0 amide bonds. The van der Waals surface area contributed by atoms with Crippen LogP contribution in [0.1, 0.15) is 13.3 Å². The van der Waals surface area contributed by atoms with Gasteiger partial charge in [0.2, 0.25) is 0 Å². The highest BCUT2D eigenvalue weighted by molar-refractivity contribution is 5.75. The zero-order valence-corrected chi connectivity index (χ0v) is 10.9. The van der Waals surface area contributed by atoms with E-state index in [0.717, 1.165) is 25.2 Å². The van der Waals surface area contributed by atoms with Crippen LogP contribution in [0, 0.1) is 0 Å². The number of methoxy groups -OCH3 is 1. The molecule has 1 aromatic carbocycles. The normalized spacial score (nSPS) is 21.6. The molecule has 1 heterocycles. The molecule has 2 unspecified atom stereocenters. The van der Waals surface area contributed by atoms with Crippen molar-refractivity contribution in [2.75, 3.05) is 25.5 Å². The van der Waals surface area contributed by atoms with Crippen LogP contribution in [0.3, 0.4) is 0 Å². The Kier molecular flexibility index (Phi) is 4.20. The molecule has 0 spiro atoms. The lowest BCUT2D eigenvalue weighted by Gasteiger charge is -2.22. The van der Waals surface area contributed by atoms with Crippen molar-refractivity contribution in [1.82, 2.24) is 4.90 Å². The van der Waals surface area contributed by atoms with Crippen LogP contribution in [-0.2, 0) is 9.53 Å². The van der Waals surface area contributed by atoms with E-state index >= 15 is 0 Å². The lowest BCUT2D eigenvalue weighted by molar-refractivity contribution is -0.145. The first-order valence-electron chi connectivity index (χ1n) is 6.34. The second-order valence-electron chi connectivity index (χ2n) is 4.69. The Labute approximate surface area is 108 Å². The van der Waals surface area contributed by atoms with Gasteiger partial charge in [0.25, 0.3) is 0 Å². The van der Waals surface area contributed by atoms with Gasteiger partial charge in [-0.05, 0) is 25.5 Å². The van der Waals surface area contributed by atoms with Gasteiger partial charge in [-0.15, -0.1) is 0 Å². The van der Waals surface area contributed by atoms with Gasteiger partial charge in [-0.2, -0.15) is 0 Å². The topological polar surface area (TPSA) is 41.6 Å². The number of para-hydroxylation sites is 1. The molecule has 18 heavy (non-hydrogen) atoms. The average Bonchev–Trinajstić information content (AvgIpc) is 2.86. The molecular weight excluding hydrogens is 228 g/mol. The molecule has 0 radical (unpaired) electrons. The number of likely N-dealkylation sites (tertiary alicyclic amines) is 1. The van der Waals surface area contributed by atoms with Crippen molar-refractivity contribution in [3.63, 3.8) is 0 Å². The smallest absolute Gasteiger partial charge is 0.322 e. The predicted octanol–water partition coefficient (Wildman–Crippen LogP) is 1.73. The van der Waals surface area contributed by atoms with Gasteiger partial charge in [0.05, 0.1) is 7.11 Å². The van der Waals surface area contributed by atoms with Gasteiger partial charge in [0.15, 0.2) is 0 Å². The summed E-state index contributed by atoms with van der Waals surface area (Å²) in [6.07, 6.45) is 1.05. The quantitative estimate of drug-likeness (QED) is 0.824. The van der Waals surface area contributed by atoms with E-state index in [0.29, 0.717) is 6.04 Å². The van der Waals surface area contributed by atoms with Crippen LogP contribution in [-0.4, -0.2) is 43.2 Å². The van der Waals surface area contributed by atoms with Gasteiger partial charge in [0, 0.05) is 24.8 Å². The molecule has 1 aliphatic heterocycles. The maximum Gasteiger partial charge on any atom is 0.322 e. The Hall–Kier alpha value is -1.55. The van der Waals surface area contributed by atoms with Crippen LogP contribution in [0.5, 0.6) is 0 Å². The van der Waals surface area contributed by atoms with Gasteiger partial charge in [-0.3, -0.25) is 9.69 Å². The van der Waals surface area contributed by atoms with Crippen LogP contribution in [0.2, 0.25) is 0 Å². The number of hydrogen-bond acceptors (Lipinski definition) is 4. The summed E-state index contributed by atoms with van der Waals surface area (Å²) in [5.41, 5.74) is 1.13. The number of carbonyl (C=O) groups is 1. The molecule has 0 bridgehead atoms. The molecule has 4 nitrogen and oxygen atoms in total. The third kappa shape index (κ3) is 3.01. The number of carbonyl (C=O) groups excluding carboxylic acids is 1. The summed E-state index contributed by atoms with van der Waals surface area (Å²) in [6.45, 7) is 3.71. The van der Waals surface area contributed by atoms with Gasteiger partial charge < -0.3 is 10.1 Å². The lowest BCUT2D eigenvalue weighted by Crippen LogP contribution is -2.39. The molecule has 1 aliphatic rings. The van der Waals surface area contributed by atoms with E-state index in [2.05, 4.69) is 22.3 Å². The van der Waals surface area contributed by atoms with Crippen molar-refractivity contribution in [3.05, 3.63) is 30.3 Å². The van der Waals surface area contributed by atoms with Crippen molar-refractivity contribution in [2.24, 2.45) is 0 Å². The number of nitrogens with zero attached hydrogens (tertiary/aromatic N) is 1. The standard InChI is InChI=1S/C14H20N2O2/c1-11(14(17)18-2)16-9-8-13(10-16)15-12-6-4-3-5-7-12/h3-7,11,13,15H,8-10H2,1-2H3. The Bertz CT molecular complexity index is 394. The van der Waals surface area contributed by atoms with E-state index in [-0.39, 0.29) is 12.0 Å². The first-order valence-corrected chi connectivity index (χ1v) is 6.34. The van der Waals surface area contributed by atoms with E-state index in [1.165, 1.54) is 7.11 Å². The van der Waals surface area contributed by atoms with Crippen LogP contribution in [0.4, 0.5) is 5.69 Å². The van der Waals surface area contributed by atoms with E-state index in [4.69, 9.17) is 4.74 Å². The third-order valence-electron chi connectivity index (χ3n) is 3.45. The van der Waals surface area contributed by atoms with Gasteiger partial charge in [-0.1, -0.05) is 18.2 Å². The molecule has 0 aromatic heterocycles. The highest BCUT2D eigenvalue weighted by Gasteiger charge is 2.29. The fourth-order valence-electron chi connectivity index (χ4n) is 2.35. The first-order chi connectivity index (χ1) is 8.70. The second-order valence-corrected chi connectivity index (χ2v) is 4.69. The number of esters is 1. The Morgan fingerprint density at radius 2 is 2.17 bits per heavy atom. The summed E-state index contributed by atoms with van der Waals surface area (Å²) >= 11 is 0. The van der Waals surface area contributed by atoms with Gasteiger partial charge in [-0.25, -0.2) is 0 Å². The number of nitrogens with one attached hydrogen (secondary N) is 1. The number of benzene rings is 1. The largest absolute Gasteiger partial charge is 0.468 e. The summed E-state index contributed by atoms with van der Waals surface area (Å²) in [7, 11) is 1.44. The molecule has 1 fully saturated rings. The fraction of sp³-hybridized carbons (Fsp3) is 0.500. The lowest BCUT2D eigenvalue weighted by atomic mass is 10.2. The molecule has 98 valence electrons. The zero-order valence-electron chi connectivity index (χ0n) is 10.9. The number of ether oxygens (including phenoxy) is 1. The van der Waals surface area contributed by atoms with Crippen LogP contribution >= 0.6 is 0 Å². The summed E-state index contributed by atoms with van der Waals surface area (Å²) in [6, 6.07) is 10.4. The first kappa shape index (κ1) is 12.9. The minimum atomic E-state index is -0.157. The van der Waals surface area contributed by atoms with Crippen LogP contribution in [0.15, 0.2) is 30.3 Å². The van der Waals surface area contributed by atoms with Crippen molar-refractivity contribution in [1.29, 1.82) is 0 Å². The number of rotatable bonds is 4. The monoisotopic (exact) mass is 248 g/mol.